The van der Waals surface area contributed by atoms with Crippen LogP contribution in [0.4, 0.5) is 0 Å². The van der Waals surface area contributed by atoms with E-state index >= 15 is 0 Å². The van der Waals surface area contributed by atoms with Crippen molar-refractivity contribution in [2.24, 2.45) is 0 Å². The highest BCUT2D eigenvalue weighted by atomic mass is 16.4. The van der Waals surface area contributed by atoms with Crippen LogP contribution in [0.3, 0.4) is 0 Å². The van der Waals surface area contributed by atoms with Gasteiger partial charge in [-0.05, 0) is 30.5 Å². The average Bonchev–Trinajstić information content (AvgIpc) is 2.98. The van der Waals surface area contributed by atoms with E-state index in [0.29, 0.717) is 17.5 Å². The number of carboxylic acid groups (broad SMARTS) is 1. The number of nitrogens with zero attached hydrogens (tertiary/aromatic N) is 1. The molecular weight excluding hydrogens is 366 g/mol. The Morgan fingerprint density at radius 2 is 2.07 bits per heavy atom. The predicted octanol–water partition coefficient (Wildman–Crippen LogP) is 0.431. The first-order valence-electron chi connectivity index (χ1n) is 9.13. The van der Waals surface area contributed by atoms with Crippen LogP contribution in [0.1, 0.15) is 58.9 Å². The second-order valence-electron chi connectivity index (χ2n) is 6.88. The Labute approximate surface area is 161 Å². The summed E-state index contributed by atoms with van der Waals surface area (Å²) in [5, 5.41) is 14.0. The van der Waals surface area contributed by atoms with Gasteiger partial charge in [0.1, 0.15) is 12.1 Å². The zero-order chi connectivity index (χ0) is 20.4. The number of aliphatic carboxylic acids is 1. The van der Waals surface area contributed by atoms with Crippen LogP contribution in [0.5, 0.6) is 0 Å². The van der Waals surface area contributed by atoms with E-state index in [9.17, 15) is 29.1 Å². The third-order valence-electron chi connectivity index (χ3n) is 5.01. The molecule has 0 aliphatic carbocycles. The molecular formula is C19H21N3O6. The number of rotatable bonds is 6. The molecule has 3 rings (SSSR count). The predicted molar refractivity (Wildman–Crippen MR) is 96.3 cm³/mol. The molecule has 0 radical (unpaired) electrons. The van der Waals surface area contributed by atoms with E-state index in [1.165, 1.54) is 11.0 Å². The van der Waals surface area contributed by atoms with E-state index in [-0.39, 0.29) is 43.2 Å². The number of hydrogen-bond acceptors (Lipinski definition) is 5. The summed E-state index contributed by atoms with van der Waals surface area (Å²) in [6, 6.07) is 2.85. The van der Waals surface area contributed by atoms with Gasteiger partial charge in [0.2, 0.25) is 11.8 Å². The summed E-state index contributed by atoms with van der Waals surface area (Å²) >= 11 is 0. The van der Waals surface area contributed by atoms with Gasteiger partial charge in [-0.2, -0.15) is 0 Å². The highest BCUT2D eigenvalue weighted by Crippen LogP contribution is 2.29. The summed E-state index contributed by atoms with van der Waals surface area (Å²) in [5.41, 5.74) is 0.970. The van der Waals surface area contributed by atoms with Crippen molar-refractivity contribution in [3.8, 4) is 0 Å². The summed E-state index contributed by atoms with van der Waals surface area (Å²) in [5.74, 6) is -2.99. The van der Waals surface area contributed by atoms with E-state index in [4.69, 9.17) is 0 Å². The zero-order valence-corrected chi connectivity index (χ0v) is 15.4. The van der Waals surface area contributed by atoms with Crippen LogP contribution in [0.25, 0.3) is 0 Å². The zero-order valence-electron chi connectivity index (χ0n) is 15.4. The van der Waals surface area contributed by atoms with Gasteiger partial charge in [0.15, 0.2) is 0 Å². The lowest BCUT2D eigenvalue weighted by Gasteiger charge is -2.29. The van der Waals surface area contributed by atoms with Crippen molar-refractivity contribution in [1.29, 1.82) is 0 Å². The summed E-state index contributed by atoms with van der Waals surface area (Å²) in [7, 11) is 0. The van der Waals surface area contributed by atoms with E-state index < -0.39 is 29.9 Å². The molecule has 0 aromatic heterocycles. The highest BCUT2D eigenvalue weighted by Gasteiger charge is 2.40. The minimum absolute atomic E-state index is 0.0511. The molecule has 4 amide bonds. The van der Waals surface area contributed by atoms with Crippen molar-refractivity contribution in [3.63, 3.8) is 0 Å². The normalized spacial score (nSPS) is 19.8. The van der Waals surface area contributed by atoms with Crippen molar-refractivity contribution < 1.29 is 29.1 Å². The van der Waals surface area contributed by atoms with Crippen molar-refractivity contribution in [2.45, 2.75) is 51.2 Å². The maximum absolute atomic E-state index is 12.8. The molecule has 0 bridgehead atoms. The van der Waals surface area contributed by atoms with Gasteiger partial charge in [-0.25, -0.2) is 4.79 Å². The summed E-state index contributed by atoms with van der Waals surface area (Å²) in [6.07, 6.45) is 1.24. The monoisotopic (exact) mass is 387 g/mol. The van der Waals surface area contributed by atoms with Gasteiger partial charge in [0, 0.05) is 24.1 Å². The quantitative estimate of drug-likeness (QED) is 0.606. The van der Waals surface area contributed by atoms with E-state index in [1.807, 2.05) is 6.92 Å². The SMILES string of the molecule is CCC[C@@H](NC(=O)c1cccc2c1CN(C1CCC(=O)NC1=O)C2=O)C(=O)O. The van der Waals surface area contributed by atoms with Crippen molar-refractivity contribution >= 4 is 29.6 Å². The van der Waals surface area contributed by atoms with E-state index in [2.05, 4.69) is 10.6 Å². The minimum atomic E-state index is -1.12. The summed E-state index contributed by atoms with van der Waals surface area (Å²) in [6.45, 7) is 1.87. The van der Waals surface area contributed by atoms with Crippen LogP contribution in [0.2, 0.25) is 0 Å². The lowest BCUT2D eigenvalue weighted by atomic mass is 10.0. The van der Waals surface area contributed by atoms with Gasteiger partial charge < -0.3 is 15.3 Å². The number of benzene rings is 1. The molecule has 148 valence electrons. The average molecular weight is 387 g/mol. The molecule has 1 unspecified atom stereocenters. The largest absolute Gasteiger partial charge is 0.480 e. The number of hydrogen-bond donors (Lipinski definition) is 3. The van der Waals surface area contributed by atoms with Crippen molar-refractivity contribution in [1.82, 2.24) is 15.5 Å². The molecule has 2 atom stereocenters. The second-order valence-corrected chi connectivity index (χ2v) is 6.88. The third kappa shape index (κ3) is 3.60. The van der Waals surface area contributed by atoms with Crippen molar-refractivity contribution in [3.05, 3.63) is 34.9 Å². The number of imide groups is 1. The van der Waals surface area contributed by atoms with Gasteiger partial charge in [0.25, 0.3) is 11.8 Å². The maximum Gasteiger partial charge on any atom is 0.326 e. The Hall–Kier alpha value is -3.23. The molecule has 1 saturated heterocycles. The first-order valence-corrected chi connectivity index (χ1v) is 9.13. The Balaban J connectivity index is 1.84. The molecule has 2 aliphatic rings. The van der Waals surface area contributed by atoms with Gasteiger partial charge >= 0.3 is 5.97 Å². The minimum Gasteiger partial charge on any atom is -0.480 e. The molecule has 28 heavy (non-hydrogen) atoms. The first-order chi connectivity index (χ1) is 13.3. The van der Waals surface area contributed by atoms with Crippen LogP contribution in [-0.4, -0.2) is 51.7 Å². The molecule has 0 spiro atoms. The fraction of sp³-hybridized carbons (Fsp3) is 0.421. The Bertz CT molecular complexity index is 865. The van der Waals surface area contributed by atoms with Crippen molar-refractivity contribution in [2.75, 3.05) is 0 Å². The molecule has 2 heterocycles. The molecule has 3 N–H and O–H groups in total. The van der Waals surface area contributed by atoms with Gasteiger partial charge in [0.05, 0.1) is 0 Å². The van der Waals surface area contributed by atoms with Crippen LogP contribution >= 0.6 is 0 Å². The highest BCUT2D eigenvalue weighted by molar-refractivity contribution is 6.08. The van der Waals surface area contributed by atoms with Gasteiger partial charge in [-0.1, -0.05) is 19.4 Å². The topological polar surface area (TPSA) is 133 Å². The second kappa shape index (κ2) is 7.79. The molecule has 1 aromatic rings. The number of piperidine rings is 1. The van der Waals surface area contributed by atoms with Crippen LogP contribution in [-0.2, 0) is 20.9 Å². The first kappa shape index (κ1) is 19.5. The molecule has 9 heteroatoms. The Morgan fingerprint density at radius 1 is 1.32 bits per heavy atom. The number of carbonyl (C=O) groups is 5. The molecule has 0 saturated carbocycles. The van der Waals surface area contributed by atoms with E-state index in [1.54, 1.807) is 12.1 Å². The van der Waals surface area contributed by atoms with Gasteiger partial charge in [-0.15, -0.1) is 0 Å². The molecule has 9 nitrogen and oxygen atoms in total. The van der Waals surface area contributed by atoms with Crippen LogP contribution < -0.4 is 10.6 Å². The van der Waals surface area contributed by atoms with E-state index in [0.717, 1.165) is 0 Å². The number of fused-ring (bicyclic) bond motifs is 1. The van der Waals surface area contributed by atoms with Crippen LogP contribution in [0, 0.1) is 0 Å². The Morgan fingerprint density at radius 3 is 2.71 bits per heavy atom. The van der Waals surface area contributed by atoms with Crippen LogP contribution in [0.15, 0.2) is 18.2 Å². The van der Waals surface area contributed by atoms with Gasteiger partial charge in [-0.3, -0.25) is 24.5 Å². The maximum atomic E-state index is 12.8. The molecule has 2 aliphatic heterocycles. The number of nitrogens with one attached hydrogen (secondary N) is 2. The lowest BCUT2D eigenvalue weighted by molar-refractivity contribution is -0.139. The third-order valence-corrected chi connectivity index (χ3v) is 5.01. The molecule has 1 aromatic carbocycles. The fourth-order valence-corrected chi connectivity index (χ4v) is 3.58. The number of amides is 4. The fourth-order valence-electron chi connectivity index (χ4n) is 3.58. The Kier molecular flexibility index (Phi) is 5.43. The summed E-state index contributed by atoms with van der Waals surface area (Å²) in [4.78, 5) is 61.6. The lowest BCUT2D eigenvalue weighted by Crippen LogP contribution is -2.52. The summed E-state index contributed by atoms with van der Waals surface area (Å²) < 4.78 is 0. The smallest absolute Gasteiger partial charge is 0.326 e. The number of carboxylic acids is 1. The standard InChI is InChI=1S/C19H21N3O6/c1-2-4-13(19(27)28)20-16(24)10-5-3-6-11-12(10)9-22(18(11)26)14-7-8-15(23)21-17(14)25/h3,5-6,13-14H,2,4,7-9H2,1H3,(H,20,24)(H,27,28)(H,21,23,25)/t13-,14?/m1/s1. The molecule has 1 fully saturated rings. The number of carbonyl (C=O) groups excluding carboxylic acids is 4.